The molecule has 0 aromatic rings. The van der Waals surface area contributed by atoms with Crippen molar-refractivity contribution in [3.05, 3.63) is 0 Å². The quantitative estimate of drug-likeness (QED) is 0.789. The van der Waals surface area contributed by atoms with E-state index in [4.69, 9.17) is 4.74 Å². The summed E-state index contributed by atoms with van der Waals surface area (Å²) in [5.41, 5.74) is 1.32. The molecule has 2 fully saturated rings. The van der Waals surface area contributed by atoms with Gasteiger partial charge in [-0.1, -0.05) is 41.5 Å². The van der Waals surface area contributed by atoms with Crippen LogP contribution in [0.3, 0.4) is 0 Å². The van der Waals surface area contributed by atoms with Crippen LogP contribution in [-0.2, 0) is 4.74 Å². The van der Waals surface area contributed by atoms with Gasteiger partial charge in [-0.3, -0.25) is 0 Å². The second-order valence-corrected chi connectivity index (χ2v) is 8.00. The van der Waals surface area contributed by atoms with E-state index in [-0.39, 0.29) is 0 Å². The van der Waals surface area contributed by atoms with Gasteiger partial charge in [0.25, 0.3) is 0 Å². The van der Waals surface area contributed by atoms with Crippen LogP contribution in [0.25, 0.3) is 0 Å². The van der Waals surface area contributed by atoms with Gasteiger partial charge in [0.15, 0.2) is 0 Å². The molecular weight excluding hydrogens is 234 g/mol. The van der Waals surface area contributed by atoms with E-state index in [0.29, 0.717) is 28.4 Å². The molecule has 1 N–H and O–H groups in total. The molecule has 0 spiro atoms. The van der Waals surface area contributed by atoms with Crippen molar-refractivity contribution in [2.45, 2.75) is 73.5 Å². The summed E-state index contributed by atoms with van der Waals surface area (Å²) in [7, 11) is 0. The standard InChI is InChI=1S/C17H33NO/c1-8-17(7)13(10-14(17)19-9-2)18-11-12-15(3,4)16(12,5)6/h12-14,18H,8-11H2,1-7H3. The van der Waals surface area contributed by atoms with Crippen molar-refractivity contribution >= 4 is 0 Å². The fourth-order valence-electron chi connectivity index (χ4n) is 4.17. The van der Waals surface area contributed by atoms with E-state index in [1.54, 1.807) is 0 Å². The molecule has 19 heavy (non-hydrogen) atoms. The Balaban J connectivity index is 1.86. The zero-order valence-electron chi connectivity index (χ0n) is 14.0. The first-order valence-corrected chi connectivity index (χ1v) is 8.06. The first-order chi connectivity index (χ1) is 8.71. The van der Waals surface area contributed by atoms with Crippen LogP contribution in [0.1, 0.15) is 61.3 Å². The fraction of sp³-hybridized carbons (Fsp3) is 1.00. The summed E-state index contributed by atoms with van der Waals surface area (Å²) in [4.78, 5) is 0. The lowest BCUT2D eigenvalue weighted by molar-refractivity contribution is -0.126. The minimum absolute atomic E-state index is 0.333. The van der Waals surface area contributed by atoms with Crippen molar-refractivity contribution in [3.8, 4) is 0 Å². The van der Waals surface area contributed by atoms with Gasteiger partial charge in [-0.2, -0.15) is 0 Å². The van der Waals surface area contributed by atoms with Crippen molar-refractivity contribution in [2.24, 2.45) is 22.2 Å². The molecule has 0 saturated heterocycles. The highest BCUT2D eigenvalue weighted by molar-refractivity contribution is 5.14. The first-order valence-electron chi connectivity index (χ1n) is 8.06. The average molecular weight is 267 g/mol. The summed E-state index contributed by atoms with van der Waals surface area (Å²) in [6.07, 6.45) is 2.85. The van der Waals surface area contributed by atoms with E-state index >= 15 is 0 Å². The maximum atomic E-state index is 5.88. The lowest BCUT2D eigenvalue weighted by Gasteiger charge is -2.54. The predicted octanol–water partition coefficient (Wildman–Crippen LogP) is 3.85. The Morgan fingerprint density at radius 3 is 2.05 bits per heavy atom. The normalized spacial score (nSPS) is 39.9. The lowest BCUT2D eigenvalue weighted by atomic mass is 9.61. The molecule has 2 heteroatoms. The molecule has 3 atom stereocenters. The van der Waals surface area contributed by atoms with Crippen LogP contribution in [-0.4, -0.2) is 25.3 Å². The van der Waals surface area contributed by atoms with Gasteiger partial charge >= 0.3 is 0 Å². The third-order valence-corrected chi connectivity index (χ3v) is 7.00. The van der Waals surface area contributed by atoms with E-state index in [1.807, 2.05) is 0 Å². The molecule has 3 unspecified atom stereocenters. The van der Waals surface area contributed by atoms with Crippen molar-refractivity contribution < 1.29 is 4.74 Å². The summed E-state index contributed by atoms with van der Waals surface area (Å²) >= 11 is 0. The molecule has 2 nitrogen and oxygen atoms in total. The Kier molecular flexibility index (Phi) is 3.81. The second kappa shape index (κ2) is 4.73. The maximum Gasteiger partial charge on any atom is 0.0658 e. The van der Waals surface area contributed by atoms with Gasteiger partial charge in [0.05, 0.1) is 6.10 Å². The molecule has 0 heterocycles. The Hall–Kier alpha value is -0.0800. The molecule has 2 aliphatic rings. The maximum absolute atomic E-state index is 5.88. The van der Waals surface area contributed by atoms with Gasteiger partial charge in [0.1, 0.15) is 0 Å². The topological polar surface area (TPSA) is 21.3 Å². The van der Waals surface area contributed by atoms with Gasteiger partial charge in [-0.05, 0) is 43.1 Å². The number of rotatable bonds is 6. The van der Waals surface area contributed by atoms with E-state index < -0.39 is 0 Å². The van der Waals surface area contributed by atoms with Crippen LogP contribution in [0.15, 0.2) is 0 Å². The van der Waals surface area contributed by atoms with Crippen LogP contribution in [0.5, 0.6) is 0 Å². The summed E-state index contributed by atoms with van der Waals surface area (Å²) in [6, 6.07) is 0.640. The molecule has 0 radical (unpaired) electrons. The van der Waals surface area contributed by atoms with Crippen LogP contribution < -0.4 is 5.32 Å². The van der Waals surface area contributed by atoms with E-state index in [1.165, 1.54) is 19.4 Å². The smallest absolute Gasteiger partial charge is 0.0658 e. The third-order valence-electron chi connectivity index (χ3n) is 7.00. The molecule has 2 rings (SSSR count). The van der Waals surface area contributed by atoms with Gasteiger partial charge in [-0.25, -0.2) is 0 Å². The second-order valence-electron chi connectivity index (χ2n) is 8.00. The minimum atomic E-state index is 0.333. The SMILES string of the molecule is CCOC1CC(NCC2C(C)(C)C2(C)C)C1(C)CC. The van der Waals surface area contributed by atoms with Crippen LogP contribution in [0.4, 0.5) is 0 Å². The third kappa shape index (κ3) is 2.15. The van der Waals surface area contributed by atoms with E-state index in [0.717, 1.165) is 12.5 Å². The highest BCUT2D eigenvalue weighted by Crippen LogP contribution is 2.68. The molecule has 0 aromatic heterocycles. The van der Waals surface area contributed by atoms with Gasteiger partial charge in [0.2, 0.25) is 0 Å². The Morgan fingerprint density at radius 1 is 1.05 bits per heavy atom. The summed E-state index contributed by atoms with van der Waals surface area (Å²) in [5.74, 6) is 0.812. The molecule has 2 aliphatic carbocycles. The van der Waals surface area contributed by atoms with Crippen molar-refractivity contribution in [1.82, 2.24) is 5.32 Å². The monoisotopic (exact) mass is 267 g/mol. The van der Waals surface area contributed by atoms with Crippen LogP contribution in [0.2, 0.25) is 0 Å². The highest BCUT2D eigenvalue weighted by Gasteiger charge is 2.64. The first kappa shape index (κ1) is 15.3. The van der Waals surface area contributed by atoms with Gasteiger partial charge < -0.3 is 10.1 Å². The van der Waals surface area contributed by atoms with Gasteiger partial charge in [0, 0.05) is 18.1 Å². The van der Waals surface area contributed by atoms with E-state index in [2.05, 4.69) is 53.8 Å². The molecule has 0 aliphatic heterocycles. The summed E-state index contributed by atoms with van der Waals surface area (Å²) in [5, 5.41) is 3.84. The summed E-state index contributed by atoms with van der Waals surface area (Å²) < 4.78 is 5.88. The molecule has 112 valence electrons. The Morgan fingerprint density at radius 2 is 1.63 bits per heavy atom. The van der Waals surface area contributed by atoms with Crippen molar-refractivity contribution in [3.63, 3.8) is 0 Å². The number of nitrogens with one attached hydrogen (secondary N) is 1. The number of ether oxygens (including phenoxy) is 1. The summed E-state index contributed by atoms with van der Waals surface area (Å²) in [6.45, 7) is 18.4. The fourth-order valence-corrected chi connectivity index (χ4v) is 4.17. The number of hydrogen-bond acceptors (Lipinski definition) is 2. The van der Waals surface area contributed by atoms with Crippen molar-refractivity contribution in [2.75, 3.05) is 13.2 Å². The van der Waals surface area contributed by atoms with Crippen LogP contribution in [0, 0.1) is 22.2 Å². The zero-order chi connectivity index (χ0) is 14.5. The molecule has 0 bridgehead atoms. The van der Waals surface area contributed by atoms with Gasteiger partial charge in [-0.15, -0.1) is 0 Å². The molecule has 0 aromatic carbocycles. The lowest BCUT2D eigenvalue weighted by Crippen LogP contribution is -2.62. The largest absolute Gasteiger partial charge is 0.378 e. The Labute approximate surface area is 119 Å². The number of hydrogen-bond donors (Lipinski definition) is 1. The van der Waals surface area contributed by atoms with Crippen LogP contribution >= 0.6 is 0 Å². The highest BCUT2D eigenvalue weighted by atomic mass is 16.5. The molecular formula is C17H33NO. The zero-order valence-corrected chi connectivity index (χ0v) is 14.0. The Bertz CT molecular complexity index is 322. The molecule has 2 saturated carbocycles. The van der Waals surface area contributed by atoms with E-state index in [9.17, 15) is 0 Å². The average Bonchev–Trinajstić information content (AvgIpc) is 2.73. The van der Waals surface area contributed by atoms with Crippen molar-refractivity contribution in [1.29, 1.82) is 0 Å². The predicted molar refractivity (Wildman–Crippen MR) is 81.3 cm³/mol. The minimum Gasteiger partial charge on any atom is -0.378 e. The molecule has 0 amide bonds.